The summed E-state index contributed by atoms with van der Waals surface area (Å²) >= 11 is 0. The van der Waals surface area contributed by atoms with Gasteiger partial charge in [0.2, 0.25) is 0 Å². The summed E-state index contributed by atoms with van der Waals surface area (Å²) in [4.78, 5) is 25.0. The first kappa shape index (κ1) is 14.5. The summed E-state index contributed by atoms with van der Waals surface area (Å²) < 4.78 is 24.0. The molecular weight excluding hydrogens is 280 g/mol. The number of aromatic nitrogens is 2. The third kappa shape index (κ3) is 2.67. The number of rotatable bonds is 3. The Labute approximate surface area is 120 Å². The molecule has 21 heavy (non-hydrogen) atoms. The van der Waals surface area contributed by atoms with E-state index in [1.165, 1.54) is 23.9 Å². The van der Waals surface area contributed by atoms with Crippen LogP contribution in [0, 0.1) is 0 Å². The maximum atomic E-state index is 11.7. The van der Waals surface area contributed by atoms with E-state index in [1.54, 1.807) is 0 Å². The molecule has 2 fully saturated rings. The Hall–Kier alpha value is -1.48. The lowest BCUT2D eigenvalue weighted by molar-refractivity contribution is -0.228. The first-order valence-electron chi connectivity index (χ1n) is 6.73. The van der Waals surface area contributed by atoms with Gasteiger partial charge < -0.3 is 18.9 Å². The van der Waals surface area contributed by atoms with E-state index in [1.807, 2.05) is 13.8 Å². The highest BCUT2D eigenvalue weighted by Gasteiger charge is 2.55. The molecule has 4 atom stereocenters. The largest absolute Gasteiger partial charge is 0.353 e. The molecule has 0 bridgehead atoms. The molecule has 0 unspecified atom stereocenters. The van der Waals surface area contributed by atoms with Crippen molar-refractivity contribution < 1.29 is 18.9 Å². The fraction of sp³-hybridized carbons (Fsp3) is 0.692. The molecule has 1 N–H and O–H groups in total. The molecule has 0 saturated carbocycles. The van der Waals surface area contributed by atoms with Gasteiger partial charge in [-0.3, -0.25) is 14.3 Å². The maximum absolute atomic E-state index is 11.7. The monoisotopic (exact) mass is 298 g/mol. The average Bonchev–Trinajstić information content (AvgIpc) is 2.87. The molecule has 3 heterocycles. The van der Waals surface area contributed by atoms with Crippen LogP contribution in [0.5, 0.6) is 0 Å². The Morgan fingerprint density at radius 1 is 1.33 bits per heavy atom. The minimum atomic E-state index is -0.718. The second-order valence-electron chi connectivity index (χ2n) is 5.61. The summed E-state index contributed by atoms with van der Waals surface area (Å²) in [5, 5.41) is 0. The van der Waals surface area contributed by atoms with Crippen LogP contribution >= 0.6 is 0 Å². The number of nitrogens with one attached hydrogen (secondary N) is 1. The van der Waals surface area contributed by atoms with Crippen molar-refractivity contribution in [1.29, 1.82) is 0 Å². The van der Waals surface area contributed by atoms with Gasteiger partial charge in [0, 0.05) is 19.4 Å². The van der Waals surface area contributed by atoms with Gasteiger partial charge in [-0.15, -0.1) is 0 Å². The Kier molecular flexibility index (Phi) is 3.48. The molecule has 2 aliphatic heterocycles. The first-order chi connectivity index (χ1) is 9.89. The van der Waals surface area contributed by atoms with Crippen LogP contribution < -0.4 is 11.2 Å². The maximum Gasteiger partial charge on any atom is 0.328 e. The predicted octanol–water partition coefficient (Wildman–Crippen LogP) is -0.572. The van der Waals surface area contributed by atoms with Gasteiger partial charge >= 0.3 is 5.69 Å². The van der Waals surface area contributed by atoms with Crippen LogP contribution in [0.1, 0.15) is 13.8 Å². The third-order valence-corrected chi connectivity index (χ3v) is 3.61. The minimum Gasteiger partial charge on any atom is -0.353 e. The van der Waals surface area contributed by atoms with Crippen LogP contribution in [0.3, 0.4) is 0 Å². The number of H-pyrrole nitrogens is 1. The molecule has 8 nitrogen and oxygen atoms in total. The molecule has 2 aliphatic rings. The molecule has 0 radical (unpaired) electrons. The normalized spacial score (nSPS) is 34.0. The van der Waals surface area contributed by atoms with E-state index < -0.39 is 29.4 Å². The van der Waals surface area contributed by atoms with Crippen molar-refractivity contribution in [2.75, 3.05) is 7.11 Å². The predicted molar refractivity (Wildman–Crippen MR) is 70.8 cm³/mol. The van der Waals surface area contributed by atoms with Gasteiger partial charge in [-0.2, -0.15) is 0 Å². The zero-order valence-corrected chi connectivity index (χ0v) is 12.1. The van der Waals surface area contributed by atoms with E-state index in [4.69, 9.17) is 18.9 Å². The molecule has 0 spiro atoms. The van der Waals surface area contributed by atoms with Crippen molar-refractivity contribution >= 4 is 0 Å². The summed E-state index contributed by atoms with van der Waals surface area (Å²) in [6.07, 6.45) is -0.177. The smallest absolute Gasteiger partial charge is 0.328 e. The van der Waals surface area contributed by atoms with Gasteiger partial charge in [-0.25, -0.2) is 4.79 Å². The average molecular weight is 298 g/mol. The zero-order chi connectivity index (χ0) is 15.2. The third-order valence-electron chi connectivity index (χ3n) is 3.61. The lowest BCUT2D eigenvalue weighted by Gasteiger charge is -2.23. The highest BCUT2D eigenvalue weighted by Crippen LogP contribution is 2.39. The summed E-state index contributed by atoms with van der Waals surface area (Å²) in [7, 11) is 1.53. The molecule has 1 aromatic rings. The van der Waals surface area contributed by atoms with Crippen LogP contribution in [-0.4, -0.2) is 47.0 Å². The van der Waals surface area contributed by atoms with Crippen LogP contribution in [0.2, 0.25) is 0 Å². The summed E-state index contributed by atoms with van der Waals surface area (Å²) in [5.74, 6) is -0.718. The van der Waals surface area contributed by atoms with Gasteiger partial charge in [-0.1, -0.05) is 0 Å². The Balaban J connectivity index is 1.82. The van der Waals surface area contributed by atoms with Gasteiger partial charge in [0.25, 0.3) is 5.56 Å². The van der Waals surface area contributed by atoms with Gasteiger partial charge in [-0.05, 0) is 13.8 Å². The van der Waals surface area contributed by atoms with Crippen LogP contribution in [0.25, 0.3) is 0 Å². The van der Waals surface area contributed by atoms with Gasteiger partial charge in [0.05, 0.1) is 6.54 Å². The molecule has 0 amide bonds. The number of nitrogens with zero attached hydrogens (tertiary/aromatic N) is 1. The molecular formula is C13H18N2O6. The lowest BCUT2D eigenvalue weighted by Crippen LogP contribution is -2.37. The van der Waals surface area contributed by atoms with E-state index in [9.17, 15) is 9.59 Å². The van der Waals surface area contributed by atoms with Crippen LogP contribution in [0.15, 0.2) is 21.9 Å². The highest BCUT2D eigenvalue weighted by atomic mass is 16.8. The molecule has 8 heteroatoms. The number of hydrogen-bond donors (Lipinski definition) is 1. The van der Waals surface area contributed by atoms with Gasteiger partial charge in [0.1, 0.15) is 18.3 Å². The summed E-state index contributed by atoms with van der Waals surface area (Å²) in [6, 6.07) is 1.29. The van der Waals surface area contributed by atoms with E-state index in [-0.39, 0.29) is 18.8 Å². The standard InChI is InChI=1S/C13H18N2O6/c1-13(2)20-9-7(19-11(18-3)10(9)21-13)6-15-5-4-8(16)14-12(15)17/h4-5,7,9-11H,6H2,1-3H3,(H,14,16,17)/t7-,9-,10-,11-/m1/s1. The Bertz CT molecular complexity index is 636. The zero-order valence-electron chi connectivity index (χ0n) is 12.1. The van der Waals surface area contributed by atoms with E-state index in [2.05, 4.69) is 4.98 Å². The summed E-state index contributed by atoms with van der Waals surface area (Å²) in [5.41, 5.74) is -0.917. The molecule has 2 saturated heterocycles. The van der Waals surface area contributed by atoms with Crippen LogP contribution in [0.4, 0.5) is 0 Å². The molecule has 0 aliphatic carbocycles. The quantitative estimate of drug-likeness (QED) is 0.803. The SMILES string of the molecule is CO[C@@H]1O[C@H](Cn2ccc(=O)[nH]c2=O)[C@H]2OC(C)(C)O[C@@H]12. The van der Waals surface area contributed by atoms with E-state index in [0.717, 1.165) is 0 Å². The minimum absolute atomic E-state index is 0.246. The van der Waals surface area contributed by atoms with Crippen molar-refractivity contribution in [3.8, 4) is 0 Å². The fourth-order valence-corrected chi connectivity index (χ4v) is 2.76. The van der Waals surface area contributed by atoms with Crippen molar-refractivity contribution in [3.63, 3.8) is 0 Å². The molecule has 0 aromatic carbocycles. The Morgan fingerprint density at radius 3 is 2.71 bits per heavy atom. The molecule has 116 valence electrons. The highest BCUT2D eigenvalue weighted by molar-refractivity contribution is 4.96. The number of methoxy groups -OCH3 is 1. The Morgan fingerprint density at radius 2 is 2.05 bits per heavy atom. The van der Waals surface area contributed by atoms with Crippen molar-refractivity contribution in [3.05, 3.63) is 33.1 Å². The van der Waals surface area contributed by atoms with E-state index in [0.29, 0.717) is 0 Å². The van der Waals surface area contributed by atoms with Crippen molar-refractivity contribution in [2.24, 2.45) is 0 Å². The van der Waals surface area contributed by atoms with Crippen LogP contribution in [-0.2, 0) is 25.5 Å². The number of ether oxygens (including phenoxy) is 4. The molecule has 3 rings (SSSR count). The number of aromatic amines is 1. The molecule has 1 aromatic heterocycles. The second kappa shape index (κ2) is 5.06. The lowest BCUT2D eigenvalue weighted by atomic mass is 10.1. The van der Waals surface area contributed by atoms with Gasteiger partial charge in [0.15, 0.2) is 12.1 Å². The van der Waals surface area contributed by atoms with Crippen molar-refractivity contribution in [2.45, 2.75) is 50.8 Å². The second-order valence-corrected chi connectivity index (χ2v) is 5.61. The number of fused-ring (bicyclic) bond motifs is 1. The number of hydrogen-bond acceptors (Lipinski definition) is 6. The van der Waals surface area contributed by atoms with E-state index >= 15 is 0 Å². The fourth-order valence-electron chi connectivity index (χ4n) is 2.76. The topological polar surface area (TPSA) is 91.8 Å². The first-order valence-corrected chi connectivity index (χ1v) is 6.73. The summed E-state index contributed by atoms with van der Waals surface area (Å²) in [6.45, 7) is 3.89. The van der Waals surface area contributed by atoms with Crippen molar-refractivity contribution in [1.82, 2.24) is 9.55 Å².